The van der Waals surface area contributed by atoms with Crippen LogP contribution in [-0.2, 0) is 4.74 Å². The number of pyridine rings is 1. The number of hydrogen-bond donors (Lipinski definition) is 1. The molecule has 28 heavy (non-hydrogen) atoms. The third-order valence-electron chi connectivity index (χ3n) is 4.81. The number of nitrogens with zero attached hydrogens (tertiary/aromatic N) is 6. The lowest BCUT2D eigenvalue weighted by Gasteiger charge is -2.36. The SMILES string of the molecule is C[C@H]1CN(c2nccc(-c3cnc4ccc(Cl)cn34)n2)C[C@@H](c2cn[nH]c2)O1. The van der Waals surface area contributed by atoms with Gasteiger partial charge >= 0.3 is 0 Å². The first kappa shape index (κ1) is 17.2. The molecule has 4 aromatic heterocycles. The van der Waals surface area contributed by atoms with Crippen molar-refractivity contribution < 1.29 is 4.74 Å². The van der Waals surface area contributed by atoms with Gasteiger partial charge in [-0.25, -0.2) is 15.0 Å². The smallest absolute Gasteiger partial charge is 0.226 e. The number of hydrogen-bond acceptors (Lipinski definition) is 6. The Kier molecular flexibility index (Phi) is 4.22. The topological polar surface area (TPSA) is 84.2 Å². The molecule has 0 amide bonds. The number of anilines is 1. The van der Waals surface area contributed by atoms with Crippen molar-refractivity contribution in [2.45, 2.75) is 19.1 Å². The summed E-state index contributed by atoms with van der Waals surface area (Å²) in [5.41, 5.74) is 3.50. The molecule has 5 heterocycles. The molecule has 2 atom stereocenters. The Bertz CT molecular complexity index is 1110. The van der Waals surface area contributed by atoms with E-state index in [1.807, 2.05) is 35.0 Å². The van der Waals surface area contributed by atoms with Crippen LogP contribution in [0, 0.1) is 0 Å². The molecule has 0 spiro atoms. The van der Waals surface area contributed by atoms with Gasteiger partial charge in [0.25, 0.3) is 0 Å². The second kappa shape index (κ2) is 6.88. The first-order valence-electron chi connectivity index (χ1n) is 9.02. The standard InChI is InChI=1S/C19H18ClN7O/c1-12-9-26(11-17(28-12)13-6-23-24-7-13)19-21-5-4-15(25-19)16-8-22-18-3-2-14(20)10-27(16)18/h2-8,10,12,17H,9,11H2,1H3,(H,23,24)/t12-,17-/m0/s1. The van der Waals surface area contributed by atoms with Crippen LogP contribution in [0.15, 0.2) is 49.2 Å². The van der Waals surface area contributed by atoms with Gasteiger partial charge in [-0.2, -0.15) is 5.10 Å². The lowest BCUT2D eigenvalue weighted by Crippen LogP contribution is -2.43. The molecule has 1 aliphatic rings. The molecule has 142 valence electrons. The van der Waals surface area contributed by atoms with E-state index in [0.717, 1.165) is 29.1 Å². The number of morpholine rings is 1. The summed E-state index contributed by atoms with van der Waals surface area (Å²) < 4.78 is 8.00. The molecular formula is C19H18ClN7O. The molecule has 0 radical (unpaired) electrons. The summed E-state index contributed by atoms with van der Waals surface area (Å²) >= 11 is 6.16. The number of aromatic amines is 1. The number of halogens is 1. The zero-order valence-corrected chi connectivity index (χ0v) is 15.9. The van der Waals surface area contributed by atoms with Crippen LogP contribution < -0.4 is 4.90 Å². The van der Waals surface area contributed by atoms with Gasteiger partial charge in [0, 0.05) is 30.7 Å². The monoisotopic (exact) mass is 395 g/mol. The summed E-state index contributed by atoms with van der Waals surface area (Å²) in [6.07, 6.45) is 9.04. The van der Waals surface area contributed by atoms with E-state index in [-0.39, 0.29) is 12.2 Å². The highest BCUT2D eigenvalue weighted by atomic mass is 35.5. The molecule has 0 aliphatic carbocycles. The number of H-pyrrole nitrogens is 1. The van der Waals surface area contributed by atoms with Gasteiger partial charge in [-0.1, -0.05) is 11.6 Å². The third kappa shape index (κ3) is 3.10. The summed E-state index contributed by atoms with van der Waals surface area (Å²) in [5.74, 6) is 0.665. The summed E-state index contributed by atoms with van der Waals surface area (Å²) in [4.78, 5) is 15.9. The molecule has 0 unspecified atom stereocenters. The number of nitrogens with one attached hydrogen (secondary N) is 1. The van der Waals surface area contributed by atoms with Gasteiger partial charge in [-0.15, -0.1) is 0 Å². The van der Waals surface area contributed by atoms with Gasteiger partial charge in [0.15, 0.2) is 0 Å². The first-order chi connectivity index (χ1) is 13.7. The third-order valence-corrected chi connectivity index (χ3v) is 5.03. The van der Waals surface area contributed by atoms with E-state index >= 15 is 0 Å². The van der Waals surface area contributed by atoms with Crippen LogP contribution in [0.25, 0.3) is 17.0 Å². The zero-order valence-electron chi connectivity index (χ0n) is 15.2. The highest BCUT2D eigenvalue weighted by Crippen LogP contribution is 2.28. The van der Waals surface area contributed by atoms with Gasteiger partial charge in [0.05, 0.1) is 41.5 Å². The molecule has 1 N–H and O–H groups in total. The van der Waals surface area contributed by atoms with Crippen LogP contribution in [0.2, 0.25) is 5.02 Å². The van der Waals surface area contributed by atoms with Crippen molar-refractivity contribution >= 4 is 23.2 Å². The fourth-order valence-corrected chi connectivity index (χ4v) is 3.68. The molecule has 4 aromatic rings. The quantitative estimate of drug-likeness (QED) is 0.573. The predicted octanol–water partition coefficient (Wildman–Crippen LogP) is 3.13. The Morgan fingerprint density at radius 3 is 2.96 bits per heavy atom. The zero-order chi connectivity index (χ0) is 19.1. The fourth-order valence-electron chi connectivity index (χ4n) is 3.52. The van der Waals surface area contributed by atoms with Crippen LogP contribution in [0.3, 0.4) is 0 Å². The Morgan fingerprint density at radius 1 is 1.18 bits per heavy atom. The van der Waals surface area contributed by atoms with Gasteiger partial charge in [0.2, 0.25) is 5.95 Å². The van der Waals surface area contributed by atoms with E-state index < -0.39 is 0 Å². The molecule has 5 rings (SSSR count). The van der Waals surface area contributed by atoms with Crippen LogP contribution in [0.5, 0.6) is 0 Å². The maximum absolute atomic E-state index is 6.16. The van der Waals surface area contributed by atoms with Crippen LogP contribution in [0.4, 0.5) is 5.95 Å². The Balaban J connectivity index is 1.49. The summed E-state index contributed by atoms with van der Waals surface area (Å²) in [5, 5.41) is 7.52. The Morgan fingerprint density at radius 2 is 2.11 bits per heavy atom. The highest BCUT2D eigenvalue weighted by molar-refractivity contribution is 6.30. The van der Waals surface area contributed by atoms with Crippen molar-refractivity contribution in [3.05, 3.63) is 59.8 Å². The molecule has 8 nitrogen and oxygen atoms in total. The first-order valence-corrected chi connectivity index (χ1v) is 9.40. The number of ether oxygens (including phenoxy) is 1. The van der Waals surface area contributed by atoms with Gasteiger partial charge in [-0.3, -0.25) is 9.50 Å². The maximum Gasteiger partial charge on any atom is 0.226 e. The van der Waals surface area contributed by atoms with Crippen LogP contribution >= 0.6 is 11.6 Å². The molecule has 0 saturated carbocycles. The van der Waals surface area contributed by atoms with Gasteiger partial charge in [0.1, 0.15) is 11.8 Å². The molecule has 0 bridgehead atoms. The van der Waals surface area contributed by atoms with E-state index in [9.17, 15) is 0 Å². The molecule has 9 heteroatoms. The van der Waals surface area contributed by atoms with E-state index in [1.165, 1.54) is 0 Å². The second-order valence-corrected chi connectivity index (χ2v) is 7.27. The minimum Gasteiger partial charge on any atom is -0.367 e. The summed E-state index contributed by atoms with van der Waals surface area (Å²) in [7, 11) is 0. The summed E-state index contributed by atoms with van der Waals surface area (Å²) in [6.45, 7) is 3.43. The predicted molar refractivity (Wildman–Crippen MR) is 105 cm³/mol. The van der Waals surface area contributed by atoms with Crippen molar-refractivity contribution in [1.29, 1.82) is 0 Å². The summed E-state index contributed by atoms with van der Waals surface area (Å²) in [6, 6.07) is 5.59. The van der Waals surface area contributed by atoms with E-state index in [1.54, 1.807) is 18.6 Å². The Hall–Kier alpha value is -2.97. The fraction of sp³-hybridized carbons (Fsp3) is 0.263. The van der Waals surface area contributed by atoms with Crippen LogP contribution in [0.1, 0.15) is 18.6 Å². The van der Waals surface area contributed by atoms with Gasteiger partial charge in [-0.05, 0) is 25.1 Å². The van der Waals surface area contributed by atoms with Gasteiger partial charge < -0.3 is 9.64 Å². The molecule has 0 aromatic carbocycles. The molecule has 1 fully saturated rings. The normalized spacial score (nSPS) is 20.0. The van der Waals surface area contributed by atoms with Crippen molar-refractivity contribution in [3.63, 3.8) is 0 Å². The number of fused-ring (bicyclic) bond motifs is 1. The second-order valence-electron chi connectivity index (χ2n) is 6.83. The molecular weight excluding hydrogens is 378 g/mol. The van der Waals surface area contributed by atoms with E-state index in [2.05, 4.69) is 32.0 Å². The van der Waals surface area contributed by atoms with Crippen molar-refractivity contribution in [2.24, 2.45) is 0 Å². The van der Waals surface area contributed by atoms with Crippen LogP contribution in [-0.4, -0.2) is 48.7 Å². The number of aromatic nitrogens is 6. The maximum atomic E-state index is 6.16. The van der Waals surface area contributed by atoms with Crippen molar-refractivity contribution in [2.75, 3.05) is 18.0 Å². The van der Waals surface area contributed by atoms with E-state index in [0.29, 0.717) is 17.5 Å². The molecule has 1 aliphatic heterocycles. The Labute approximate surface area is 166 Å². The van der Waals surface area contributed by atoms with Crippen molar-refractivity contribution in [1.82, 2.24) is 29.5 Å². The lowest BCUT2D eigenvalue weighted by molar-refractivity contribution is -0.0178. The largest absolute Gasteiger partial charge is 0.367 e. The minimum atomic E-state index is -0.0793. The molecule has 1 saturated heterocycles. The lowest BCUT2D eigenvalue weighted by atomic mass is 10.1. The minimum absolute atomic E-state index is 0.0514. The highest BCUT2D eigenvalue weighted by Gasteiger charge is 2.28. The average Bonchev–Trinajstić information content (AvgIpc) is 3.37. The van der Waals surface area contributed by atoms with Crippen molar-refractivity contribution in [3.8, 4) is 11.4 Å². The number of rotatable bonds is 3. The van der Waals surface area contributed by atoms with E-state index in [4.69, 9.17) is 21.3 Å². The number of imidazole rings is 1. The average molecular weight is 396 g/mol.